The summed E-state index contributed by atoms with van der Waals surface area (Å²) in [4.78, 5) is 3.93. The zero-order valence-corrected chi connectivity index (χ0v) is 7.51. The molecule has 0 unspecified atom stereocenters. The van der Waals surface area contributed by atoms with E-state index in [1.54, 1.807) is 0 Å². The minimum Gasteiger partial charge on any atom is -0.299 e. The van der Waals surface area contributed by atoms with Gasteiger partial charge < -0.3 is 0 Å². The molecule has 0 N–H and O–H groups in total. The second-order valence-corrected chi connectivity index (χ2v) is 3.80. The maximum absolute atomic E-state index is 13.7. The van der Waals surface area contributed by atoms with Crippen LogP contribution in [0.4, 0.5) is 4.32 Å². The van der Waals surface area contributed by atoms with Crippen LogP contribution in [0.15, 0.2) is 0 Å². The van der Waals surface area contributed by atoms with Crippen LogP contribution in [0.3, 0.4) is 0 Å². The molecule has 2 aliphatic rings. The van der Waals surface area contributed by atoms with Gasteiger partial charge in [-0.25, -0.2) is 0 Å². The molecule has 0 atom stereocenters. The number of hydrogen-bond donors (Lipinski definition) is 0. The molecule has 2 saturated heterocycles. The van der Waals surface area contributed by atoms with Gasteiger partial charge in [0.25, 0.3) is 0 Å². The Hall–Kier alpha value is -0.0851. The van der Waals surface area contributed by atoms with E-state index < -0.39 is 7.26 Å². The molecule has 0 saturated carbocycles. The van der Waals surface area contributed by atoms with E-state index in [0.29, 0.717) is 0 Å². The van der Waals surface area contributed by atoms with Gasteiger partial charge >= 0.3 is 7.26 Å². The predicted molar refractivity (Wildman–Crippen MR) is 48.5 cm³/mol. The van der Waals surface area contributed by atoms with Crippen molar-refractivity contribution in [3.05, 3.63) is 0 Å². The molecule has 0 radical (unpaired) electrons. The SMILES string of the molecule is FB(N1CCCC1)N1CCCC1. The minimum atomic E-state index is -0.782. The van der Waals surface area contributed by atoms with Crippen LogP contribution >= 0.6 is 0 Å². The molecule has 12 heavy (non-hydrogen) atoms. The molecule has 2 fully saturated rings. The third-order valence-electron chi connectivity index (χ3n) is 2.88. The van der Waals surface area contributed by atoms with Crippen molar-refractivity contribution in [2.45, 2.75) is 25.7 Å². The molecule has 0 aromatic rings. The van der Waals surface area contributed by atoms with Crippen molar-refractivity contribution >= 4 is 7.26 Å². The van der Waals surface area contributed by atoms with Gasteiger partial charge in [0, 0.05) is 0 Å². The summed E-state index contributed by atoms with van der Waals surface area (Å²) in [5, 5.41) is 0. The van der Waals surface area contributed by atoms with E-state index in [2.05, 4.69) is 0 Å². The van der Waals surface area contributed by atoms with E-state index in [0.717, 1.165) is 26.2 Å². The monoisotopic (exact) mass is 170 g/mol. The number of halogens is 1. The average Bonchev–Trinajstić information content (AvgIpc) is 2.77. The van der Waals surface area contributed by atoms with Crippen LogP contribution < -0.4 is 0 Å². The lowest BCUT2D eigenvalue weighted by molar-refractivity contribution is 0.373. The van der Waals surface area contributed by atoms with Gasteiger partial charge in [0.2, 0.25) is 0 Å². The molecule has 0 aromatic heterocycles. The van der Waals surface area contributed by atoms with Crippen molar-refractivity contribution in [1.82, 2.24) is 9.62 Å². The van der Waals surface area contributed by atoms with Gasteiger partial charge in [0.15, 0.2) is 0 Å². The second kappa shape index (κ2) is 3.75. The molecule has 0 aromatic carbocycles. The molecule has 0 spiro atoms. The quantitative estimate of drug-likeness (QED) is 0.573. The summed E-state index contributed by atoms with van der Waals surface area (Å²) in [6, 6.07) is 0. The fourth-order valence-corrected chi connectivity index (χ4v) is 2.14. The fraction of sp³-hybridized carbons (Fsp3) is 1.00. The van der Waals surface area contributed by atoms with Gasteiger partial charge in [-0.05, 0) is 51.9 Å². The number of nitrogens with zero attached hydrogens (tertiary/aromatic N) is 2. The normalized spacial score (nSPS) is 26.8. The molecule has 68 valence electrons. The second-order valence-electron chi connectivity index (χ2n) is 3.80. The molecule has 0 aliphatic carbocycles. The van der Waals surface area contributed by atoms with Crippen LogP contribution in [0.2, 0.25) is 0 Å². The Morgan fingerprint density at radius 1 is 0.750 bits per heavy atom. The van der Waals surface area contributed by atoms with Gasteiger partial charge in [-0.1, -0.05) is 0 Å². The molecule has 0 bridgehead atoms. The van der Waals surface area contributed by atoms with Crippen LogP contribution in [0.5, 0.6) is 0 Å². The fourth-order valence-electron chi connectivity index (χ4n) is 2.14. The molecule has 4 heteroatoms. The number of hydrogen-bond acceptors (Lipinski definition) is 2. The Kier molecular flexibility index (Phi) is 2.66. The zero-order valence-electron chi connectivity index (χ0n) is 7.51. The highest BCUT2D eigenvalue weighted by Gasteiger charge is 2.34. The summed E-state index contributed by atoms with van der Waals surface area (Å²) in [6.45, 7) is 3.82. The van der Waals surface area contributed by atoms with Gasteiger partial charge in [-0.15, -0.1) is 0 Å². The lowest BCUT2D eigenvalue weighted by Gasteiger charge is -2.23. The highest BCUT2D eigenvalue weighted by atomic mass is 19.1. The van der Waals surface area contributed by atoms with E-state index in [4.69, 9.17) is 0 Å². The molecule has 2 heterocycles. The third kappa shape index (κ3) is 1.64. The summed E-state index contributed by atoms with van der Waals surface area (Å²) in [7, 11) is -0.782. The molecular formula is C8H16BFN2. The van der Waals surface area contributed by atoms with Crippen molar-refractivity contribution in [1.29, 1.82) is 0 Å². The van der Waals surface area contributed by atoms with Crippen molar-refractivity contribution in [3.63, 3.8) is 0 Å². The zero-order chi connectivity index (χ0) is 8.39. The summed E-state index contributed by atoms with van der Waals surface area (Å²) in [6.07, 6.45) is 4.70. The molecule has 2 rings (SSSR count). The standard InChI is InChI=1S/C8H16BFN2/c10-9(11-5-1-2-6-11)12-7-3-4-8-12/h1-8H2. The first kappa shape index (κ1) is 8.51. The van der Waals surface area contributed by atoms with Crippen LogP contribution in [0.1, 0.15) is 25.7 Å². The van der Waals surface area contributed by atoms with Gasteiger partial charge in [0.1, 0.15) is 0 Å². The topological polar surface area (TPSA) is 6.48 Å². The average molecular weight is 170 g/mol. The highest BCUT2D eigenvalue weighted by Crippen LogP contribution is 2.17. The third-order valence-corrected chi connectivity index (χ3v) is 2.88. The van der Waals surface area contributed by atoms with Crippen molar-refractivity contribution < 1.29 is 4.32 Å². The molecule has 0 amide bonds. The molecule has 2 aliphatic heterocycles. The Labute approximate surface area is 73.9 Å². The summed E-state index contributed by atoms with van der Waals surface area (Å²) in [5.41, 5.74) is 0. The van der Waals surface area contributed by atoms with E-state index >= 15 is 0 Å². The first-order valence-corrected chi connectivity index (χ1v) is 5.00. The van der Waals surface area contributed by atoms with Crippen LogP contribution in [0.25, 0.3) is 0 Å². The summed E-state index contributed by atoms with van der Waals surface area (Å²) in [5.74, 6) is 0. The highest BCUT2D eigenvalue weighted by molar-refractivity contribution is 6.44. The van der Waals surface area contributed by atoms with Crippen molar-refractivity contribution in [3.8, 4) is 0 Å². The smallest absolute Gasteiger partial charge is 0.299 e. The minimum absolute atomic E-state index is 0.782. The van der Waals surface area contributed by atoms with Crippen molar-refractivity contribution in [2.75, 3.05) is 26.2 Å². The first-order chi connectivity index (χ1) is 5.88. The Balaban J connectivity index is 1.84. The van der Waals surface area contributed by atoms with Crippen LogP contribution in [-0.4, -0.2) is 43.1 Å². The van der Waals surface area contributed by atoms with E-state index in [1.807, 2.05) is 9.62 Å². The Morgan fingerprint density at radius 3 is 1.42 bits per heavy atom. The number of rotatable bonds is 2. The predicted octanol–water partition coefficient (Wildman–Crippen LogP) is 1.13. The first-order valence-electron chi connectivity index (χ1n) is 5.00. The Bertz CT molecular complexity index is 128. The van der Waals surface area contributed by atoms with Crippen LogP contribution in [-0.2, 0) is 0 Å². The van der Waals surface area contributed by atoms with E-state index in [-0.39, 0.29) is 0 Å². The van der Waals surface area contributed by atoms with Crippen LogP contribution in [0, 0.1) is 0 Å². The van der Waals surface area contributed by atoms with E-state index in [1.165, 1.54) is 25.7 Å². The maximum Gasteiger partial charge on any atom is 0.520 e. The van der Waals surface area contributed by atoms with Gasteiger partial charge in [-0.2, -0.15) is 0 Å². The van der Waals surface area contributed by atoms with Gasteiger partial charge in [0.05, 0.1) is 0 Å². The summed E-state index contributed by atoms with van der Waals surface area (Å²) < 4.78 is 13.7. The lowest BCUT2D eigenvalue weighted by Crippen LogP contribution is -2.47. The maximum atomic E-state index is 13.7. The van der Waals surface area contributed by atoms with Gasteiger partial charge in [-0.3, -0.25) is 13.9 Å². The van der Waals surface area contributed by atoms with Crippen molar-refractivity contribution in [2.24, 2.45) is 0 Å². The molecule has 2 nitrogen and oxygen atoms in total. The lowest BCUT2D eigenvalue weighted by atomic mass is 9.99. The largest absolute Gasteiger partial charge is 0.520 e. The molecular weight excluding hydrogens is 154 g/mol. The summed E-state index contributed by atoms with van der Waals surface area (Å²) >= 11 is 0. The van der Waals surface area contributed by atoms with E-state index in [9.17, 15) is 4.32 Å². The Morgan fingerprint density at radius 2 is 1.08 bits per heavy atom.